The van der Waals surface area contributed by atoms with Crippen LogP contribution in [0.15, 0.2) is 5.38 Å². The van der Waals surface area contributed by atoms with Crippen molar-refractivity contribution >= 4 is 22.4 Å². The lowest BCUT2D eigenvalue weighted by Gasteiger charge is -2.13. The number of hydrogen-bond acceptors (Lipinski definition) is 5. The molecular weight excluding hydrogens is 248 g/mol. The van der Waals surface area contributed by atoms with Crippen molar-refractivity contribution in [2.24, 2.45) is 5.92 Å². The van der Waals surface area contributed by atoms with Gasteiger partial charge in [-0.1, -0.05) is 6.92 Å². The van der Waals surface area contributed by atoms with E-state index in [-0.39, 0.29) is 5.97 Å². The van der Waals surface area contributed by atoms with Crippen molar-refractivity contribution in [3.05, 3.63) is 11.1 Å². The van der Waals surface area contributed by atoms with Crippen LogP contribution in [0.25, 0.3) is 0 Å². The molecule has 0 N–H and O–H groups in total. The second-order valence-corrected chi connectivity index (χ2v) is 5.60. The number of esters is 1. The van der Waals surface area contributed by atoms with Crippen LogP contribution in [0.5, 0.6) is 0 Å². The van der Waals surface area contributed by atoms with Crippen molar-refractivity contribution in [3.8, 4) is 0 Å². The number of hydrogen-bond donors (Lipinski definition) is 0. The largest absolute Gasteiger partial charge is 0.466 e. The Labute approximate surface area is 112 Å². The smallest absolute Gasteiger partial charge is 0.306 e. The molecule has 1 atom stereocenters. The number of aromatic nitrogens is 1. The van der Waals surface area contributed by atoms with E-state index in [9.17, 15) is 4.79 Å². The van der Waals surface area contributed by atoms with Gasteiger partial charge in [-0.2, -0.15) is 0 Å². The van der Waals surface area contributed by atoms with Gasteiger partial charge in [0.15, 0.2) is 5.13 Å². The number of carbonyl (C=O) groups excluding carboxylic acids is 1. The molecular formula is C13H20N2O2S. The van der Waals surface area contributed by atoms with Gasteiger partial charge in [0.2, 0.25) is 0 Å². The topological polar surface area (TPSA) is 42.4 Å². The fourth-order valence-corrected chi connectivity index (χ4v) is 3.03. The highest BCUT2D eigenvalue weighted by atomic mass is 32.1. The molecule has 0 amide bonds. The van der Waals surface area contributed by atoms with Gasteiger partial charge in [-0.25, -0.2) is 4.98 Å². The Morgan fingerprint density at radius 3 is 3.17 bits per heavy atom. The molecule has 1 aliphatic rings. The first-order chi connectivity index (χ1) is 8.69. The van der Waals surface area contributed by atoms with Crippen LogP contribution < -0.4 is 4.90 Å². The first-order valence-electron chi connectivity index (χ1n) is 6.54. The van der Waals surface area contributed by atoms with Crippen molar-refractivity contribution in [2.75, 3.05) is 24.6 Å². The summed E-state index contributed by atoms with van der Waals surface area (Å²) in [5, 5.41) is 3.15. The number of thiazole rings is 1. The molecule has 5 heteroatoms. The van der Waals surface area contributed by atoms with E-state index in [4.69, 9.17) is 4.74 Å². The van der Waals surface area contributed by atoms with Crippen molar-refractivity contribution in [1.29, 1.82) is 0 Å². The van der Waals surface area contributed by atoms with Crippen molar-refractivity contribution < 1.29 is 9.53 Å². The van der Waals surface area contributed by atoms with Crippen LogP contribution in [0, 0.1) is 5.92 Å². The minimum atomic E-state index is -0.137. The normalized spacial score (nSPS) is 19.2. The van der Waals surface area contributed by atoms with Crippen molar-refractivity contribution in [2.45, 2.75) is 33.1 Å². The van der Waals surface area contributed by atoms with Crippen LogP contribution in [0.4, 0.5) is 5.13 Å². The molecule has 1 unspecified atom stereocenters. The highest BCUT2D eigenvalue weighted by Crippen LogP contribution is 2.27. The van der Waals surface area contributed by atoms with Gasteiger partial charge in [0.1, 0.15) is 0 Å². The van der Waals surface area contributed by atoms with E-state index in [1.807, 2.05) is 6.92 Å². The molecule has 1 fully saturated rings. The molecule has 4 nitrogen and oxygen atoms in total. The van der Waals surface area contributed by atoms with Crippen molar-refractivity contribution in [3.63, 3.8) is 0 Å². The molecule has 2 heterocycles. The van der Waals surface area contributed by atoms with Gasteiger partial charge in [-0.05, 0) is 19.3 Å². The second kappa shape index (κ2) is 6.18. The van der Waals surface area contributed by atoms with Gasteiger partial charge in [-0.15, -0.1) is 11.3 Å². The third kappa shape index (κ3) is 3.45. The van der Waals surface area contributed by atoms with E-state index in [1.54, 1.807) is 11.3 Å². The van der Waals surface area contributed by atoms with Crippen LogP contribution in [-0.2, 0) is 16.0 Å². The fraction of sp³-hybridized carbons (Fsp3) is 0.692. The quantitative estimate of drug-likeness (QED) is 0.769. The summed E-state index contributed by atoms with van der Waals surface area (Å²) in [6.07, 6.45) is 2.35. The van der Waals surface area contributed by atoms with Crippen LogP contribution in [0.2, 0.25) is 0 Å². The van der Waals surface area contributed by atoms with Gasteiger partial charge < -0.3 is 9.64 Å². The predicted molar refractivity (Wildman–Crippen MR) is 73.1 cm³/mol. The molecule has 1 aromatic rings. The third-order valence-electron chi connectivity index (χ3n) is 3.12. The first kappa shape index (κ1) is 13.3. The maximum atomic E-state index is 11.3. The maximum absolute atomic E-state index is 11.3. The fourth-order valence-electron chi connectivity index (χ4n) is 2.13. The lowest BCUT2D eigenvalue weighted by molar-refractivity contribution is -0.143. The third-order valence-corrected chi connectivity index (χ3v) is 4.07. The number of aryl methyl sites for hydroxylation is 1. The maximum Gasteiger partial charge on any atom is 0.306 e. The monoisotopic (exact) mass is 268 g/mol. The molecule has 1 aliphatic heterocycles. The summed E-state index contributed by atoms with van der Waals surface area (Å²) in [7, 11) is 0. The average molecular weight is 268 g/mol. The molecule has 0 spiro atoms. The standard InChI is InChI=1S/C13H20N2O2S/c1-3-17-12(16)5-4-11-9-18-13(14-11)15-7-6-10(2)8-15/h9-10H,3-8H2,1-2H3. The molecule has 0 saturated carbocycles. The zero-order valence-corrected chi connectivity index (χ0v) is 11.8. The Balaban J connectivity index is 1.84. The number of carbonyl (C=O) groups is 1. The Morgan fingerprint density at radius 1 is 1.67 bits per heavy atom. The molecule has 0 bridgehead atoms. The van der Waals surface area contributed by atoms with Crippen LogP contribution >= 0.6 is 11.3 Å². The summed E-state index contributed by atoms with van der Waals surface area (Å²) in [6, 6.07) is 0. The van der Waals surface area contributed by atoms with E-state index in [2.05, 4.69) is 22.2 Å². The summed E-state index contributed by atoms with van der Waals surface area (Å²) in [4.78, 5) is 18.2. The zero-order valence-electron chi connectivity index (χ0n) is 11.0. The summed E-state index contributed by atoms with van der Waals surface area (Å²) < 4.78 is 4.91. The number of anilines is 1. The summed E-state index contributed by atoms with van der Waals surface area (Å²) >= 11 is 1.68. The Bertz CT molecular complexity index is 405. The Hall–Kier alpha value is -1.10. The highest BCUT2D eigenvalue weighted by Gasteiger charge is 2.21. The number of rotatable bonds is 5. The SMILES string of the molecule is CCOC(=O)CCc1csc(N2CCC(C)C2)n1. The average Bonchev–Trinajstić information content (AvgIpc) is 2.95. The van der Waals surface area contributed by atoms with E-state index in [0.717, 1.165) is 29.8 Å². The summed E-state index contributed by atoms with van der Waals surface area (Å²) in [6.45, 7) is 6.76. The van der Waals surface area contributed by atoms with Crippen molar-refractivity contribution in [1.82, 2.24) is 4.98 Å². The van der Waals surface area contributed by atoms with Crippen LogP contribution in [-0.4, -0.2) is 30.6 Å². The Morgan fingerprint density at radius 2 is 2.50 bits per heavy atom. The first-order valence-corrected chi connectivity index (χ1v) is 7.42. The van der Waals surface area contributed by atoms with Gasteiger partial charge in [0, 0.05) is 24.9 Å². The molecule has 2 rings (SSSR count). The van der Waals surface area contributed by atoms with E-state index in [0.29, 0.717) is 19.4 Å². The highest BCUT2D eigenvalue weighted by molar-refractivity contribution is 7.13. The molecule has 1 saturated heterocycles. The second-order valence-electron chi connectivity index (χ2n) is 4.77. The number of nitrogens with zero attached hydrogens (tertiary/aromatic N) is 2. The molecule has 0 aromatic carbocycles. The summed E-state index contributed by atoms with van der Waals surface area (Å²) in [5.41, 5.74) is 1.00. The Kier molecular flexibility index (Phi) is 4.58. The predicted octanol–water partition coefficient (Wildman–Crippen LogP) is 2.49. The summed E-state index contributed by atoms with van der Waals surface area (Å²) in [5.74, 6) is 0.624. The van der Waals surface area contributed by atoms with Crippen LogP contribution in [0.1, 0.15) is 32.4 Å². The minimum Gasteiger partial charge on any atom is -0.466 e. The minimum absolute atomic E-state index is 0.137. The lowest BCUT2D eigenvalue weighted by atomic mass is 10.2. The van der Waals surface area contributed by atoms with Gasteiger partial charge in [0.05, 0.1) is 18.7 Å². The van der Waals surface area contributed by atoms with E-state index >= 15 is 0 Å². The molecule has 0 radical (unpaired) electrons. The van der Waals surface area contributed by atoms with E-state index < -0.39 is 0 Å². The molecule has 0 aliphatic carbocycles. The van der Waals surface area contributed by atoms with Crippen LogP contribution in [0.3, 0.4) is 0 Å². The zero-order chi connectivity index (χ0) is 13.0. The van der Waals surface area contributed by atoms with Gasteiger partial charge in [-0.3, -0.25) is 4.79 Å². The lowest BCUT2D eigenvalue weighted by Crippen LogP contribution is -2.18. The molecule has 100 valence electrons. The van der Waals surface area contributed by atoms with Gasteiger partial charge in [0.25, 0.3) is 0 Å². The molecule has 1 aromatic heterocycles. The number of ether oxygens (including phenoxy) is 1. The molecule has 18 heavy (non-hydrogen) atoms. The van der Waals surface area contributed by atoms with E-state index in [1.165, 1.54) is 6.42 Å². The van der Waals surface area contributed by atoms with Gasteiger partial charge >= 0.3 is 5.97 Å².